The van der Waals surface area contributed by atoms with E-state index in [2.05, 4.69) is 15.2 Å². The fourth-order valence-electron chi connectivity index (χ4n) is 3.00. The number of H-pyrrole nitrogens is 1. The normalized spacial score (nSPS) is 10.9. The number of nitrogens with zero attached hydrogens (tertiary/aromatic N) is 2. The third kappa shape index (κ3) is 4.42. The highest BCUT2D eigenvalue weighted by Gasteiger charge is 2.23. The third-order valence-corrected chi connectivity index (χ3v) is 5.50. The maximum absolute atomic E-state index is 12.6. The van der Waals surface area contributed by atoms with E-state index in [9.17, 15) is 9.59 Å². The lowest BCUT2D eigenvalue weighted by Crippen LogP contribution is -2.08. The molecular weight excluding hydrogens is 390 g/mol. The number of ketones is 1. The maximum atomic E-state index is 12.6. The molecule has 8 heteroatoms. The molecule has 0 fully saturated rings. The Morgan fingerprint density at radius 3 is 2.59 bits per heavy atom. The van der Waals surface area contributed by atoms with Crippen molar-refractivity contribution < 1.29 is 18.7 Å². The lowest BCUT2D eigenvalue weighted by atomic mass is 10.1. The summed E-state index contributed by atoms with van der Waals surface area (Å²) < 4.78 is 10.7. The van der Waals surface area contributed by atoms with Crippen LogP contribution in [-0.4, -0.2) is 39.3 Å². The Morgan fingerprint density at radius 1 is 1.14 bits per heavy atom. The van der Waals surface area contributed by atoms with Crippen molar-refractivity contribution in [2.24, 2.45) is 0 Å². The van der Waals surface area contributed by atoms with Gasteiger partial charge >= 0.3 is 5.97 Å². The number of hydrogen-bond donors (Lipinski definition) is 1. The van der Waals surface area contributed by atoms with Gasteiger partial charge in [0.1, 0.15) is 0 Å². The van der Waals surface area contributed by atoms with E-state index < -0.39 is 5.97 Å². The van der Waals surface area contributed by atoms with Gasteiger partial charge in [-0.3, -0.25) is 4.79 Å². The van der Waals surface area contributed by atoms with Gasteiger partial charge in [0, 0.05) is 11.3 Å². The average Bonchev–Trinajstić information content (AvgIpc) is 3.26. The molecule has 1 aromatic carbocycles. The van der Waals surface area contributed by atoms with E-state index in [1.54, 1.807) is 20.8 Å². The second kappa shape index (κ2) is 8.65. The summed E-state index contributed by atoms with van der Waals surface area (Å²) in [7, 11) is 0. The van der Waals surface area contributed by atoms with Gasteiger partial charge in [-0.2, -0.15) is 0 Å². The van der Waals surface area contributed by atoms with Gasteiger partial charge in [0.2, 0.25) is 5.89 Å². The van der Waals surface area contributed by atoms with Crippen molar-refractivity contribution in [3.8, 4) is 11.5 Å². The Hall–Kier alpha value is -2.87. The van der Waals surface area contributed by atoms with Gasteiger partial charge in [-0.05, 0) is 63.4 Å². The lowest BCUT2D eigenvalue weighted by Gasteiger charge is -2.02. The minimum Gasteiger partial charge on any atom is -0.462 e. The molecular formula is C21H23N3O4S. The zero-order chi connectivity index (χ0) is 21.1. The standard InChI is InChI=1S/C21H23N3O4S/c1-6-27-20(26)17-13(4)18(22-14(17)5)16(25)10-29-21-24-23-19(28-21)15-8-7-11(2)12(3)9-15/h7-9,22H,6,10H2,1-5H3. The number of aryl methyl sites for hydroxylation is 3. The van der Waals surface area contributed by atoms with Gasteiger partial charge in [-0.15, -0.1) is 10.2 Å². The van der Waals surface area contributed by atoms with Crippen LogP contribution in [0.1, 0.15) is 50.2 Å². The average molecular weight is 413 g/mol. The molecule has 152 valence electrons. The second-order valence-corrected chi connectivity index (χ2v) is 7.66. The van der Waals surface area contributed by atoms with Crippen molar-refractivity contribution in [3.63, 3.8) is 0 Å². The number of aromatic amines is 1. The van der Waals surface area contributed by atoms with Crippen molar-refractivity contribution in [1.82, 2.24) is 15.2 Å². The molecule has 3 rings (SSSR count). The largest absolute Gasteiger partial charge is 0.462 e. The van der Waals surface area contributed by atoms with Gasteiger partial charge < -0.3 is 14.1 Å². The number of carbonyl (C=O) groups excluding carboxylic acids is 2. The van der Waals surface area contributed by atoms with E-state index in [4.69, 9.17) is 9.15 Å². The predicted octanol–water partition coefficient (Wildman–Crippen LogP) is 4.45. The molecule has 0 atom stereocenters. The summed E-state index contributed by atoms with van der Waals surface area (Å²) in [5, 5.41) is 8.41. The summed E-state index contributed by atoms with van der Waals surface area (Å²) in [6.45, 7) is 9.57. The monoisotopic (exact) mass is 413 g/mol. The second-order valence-electron chi connectivity index (χ2n) is 6.73. The Labute approximate surface area is 173 Å². The first-order valence-electron chi connectivity index (χ1n) is 9.25. The minimum absolute atomic E-state index is 0.109. The van der Waals surface area contributed by atoms with Gasteiger partial charge in [-0.1, -0.05) is 17.8 Å². The van der Waals surface area contributed by atoms with Crippen LogP contribution in [0.15, 0.2) is 27.8 Å². The molecule has 0 aliphatic carbocycles. The van der Waals surface area contributed by atoms with Gasteiger partial charge in [-0.25, -0.2) is 4.79 Å². The van der Waals surface area contributed by atoms with Crippen LogP contribution in [0.3, 0.4) is 0 Å². The molecule has 0 bridgehead atoms. The van der Waals surface area contributed by atoms with Crippen molar-refractivity contribution in [2.45, 2.75) is 39.8 Å². The SMILES string of the molecule is CCOC(=O)c1c(C)[nH]c(C(=O)CSc2nnc(-c3ccc(C)c(C)c3)o2)c1C. The molecule has 0 unspecified atom stereocenters. The highest BCUT2D eigenvalue weighted by Crippen LogP contribution is 2.26. The fraction of sp³-hybridized carbons (Fsp3) is 0.333. The number of rotatable bonds is 7. The number of esters is 1. The Kier molecular flexibility index (Phi) is 6.22. The predicted molar refractivity (Wildman–Crippen MR) is 110 cm³/mol. The Morgan fingerprint density at radius 2 is 1.90 bits per heavy atom. The van der Waals surface area contributed by atoms with Gasteiger partial charge in [0.25, 0.3) is 5.22 Å². The molecule has 0 saturated carbocycles. The van der Waals surface area contributed by atoms with Gasteiger partial charge in [0.15, 0.2) is 5.78 Å². The summed E-state index contributed by atoms with van der Waals surface area (Å²) in [5.74, 6) is -0.0607. The van der Waals surface area contributed by atoms with E-state index in [-0.39, 0.29) is 18.1 Å². The molecule has 2 heterocycles. The first-order chi connectivity index (χ1) is 13.8. The Balaban J connectivity index is 1.70. The fourth-order valence-corrected chi connectivity index (χ4v) is 3.63. The molecule has 0 aliphatic rings. The number of ether oxygens (including phenoxy) is 1. The van der Waals surface area contributed by atoms with Crippen LogP contribution in [0.2, 0.25) is 0 Å². The summed E-state index contributed by atoms with van der Waals surface area (Å²) in [5.41, 5.74) is 5.18. The number of Topliss-reactive ketones (excluding diaryl/α,β-unsaturated/α-hetero) is 1. The van der Waals surface area contributed by atoms with E-state index in [0.29, 0.717) is 33.6 Å². The zero-order valence-electron chi connectivity index (χ0n) is 17.1. The molecule has 1 N–H and O–H groups in total. The number of aromatic nitrogens is 3. The smallest absolute Gasteiger partial charge is 0.340 e. The molecule has 0 radical (unpaired) electrons. The van der Waals surface area contributed by atoms with Crippen molar-refractivity contribution in [1.29, 1.82) is 0 Å². The topological polar surface area (TPSA) is 98.1 Å². The van der Waals surface area contributed by atoms with Crippen LogP contribution in [0, 0.1) is 27.7 Å². The summed E-state index contributed by atoms with van der Waals surface area (Å²) >= 11 is 1.16. The van der Waals surface area contributed by atoms with Crippen LogP contribution in [0.5, 0.6) is 0 Å². The maximum Gasteiger partial charge on any atom is 0.340 e. The molecule has 3 aromatic rings. The van der Waals surface area contributed by atoms with Crippen LogP contribution in [-0.2, 0) is 4.74 Å². The molecule has 7 nitrogen and oxygen atoms in total. The highest BCUT2D eigenvalue weighted by molar-refractivity contribution is 7.99. The van der Waals surface area contributed by atoms with Crippen molar-refractivity contribution >= 4 is 23.5 Å². The first kappa shape index (κ1) is 20.9. The van der Waals surface area contributed by atoms with E-state index in [0.717, 1.165) is 22.9 Å². The van der Waals surface area contributed by atoms with E-state index in [1.165, 1.54) is 5.56 Å². The summed E-state index contributed by atoms with van der Waals surface area (Å²) in [6, 6.07) is 5.92. The van der Waals surface area contributed by atoms with Crippen LogP contribution < -0.4 is 0 Å². The summed E-state index contributed by atoms with van der Waals surface area (Å²) in [4.78, 5) is 27.7. The summed E-state index contributed by atoms with van der Waals surface area (Å²) in [6.07, 6.45) is 0. The number of nitrogens with one attached hydrogen (secondary N) is 1. The van der Waals surface area contributed by atoms with Crippen LogP contribution in [0.25, 0.3) is 11.5 Å². The molecule has 0 amide bonds. The minimum atomic E-state index is -0.430. The van der Waals surface area contributed by atoms with Crippen LogP contribution >= 0.6 is 11.8 Å². The number of carbonyl (C=O) groups is 2. The zero-order valence-corrected chi connectivity index (χ0v) is 17.9. The van der Waals surface area contributed by atoms with Gasteiger partial charge in [0.05, 0.1) is 23.6 Å². The molecule has 0 spiro atoms. The Bertz CT molecular complexity index is 1070. The number of benzene rings is 1. The number of hydrogen-bond acceptors (Lipinski definition) is 7. The molecule has 2 aromatic heterocycles. The van der Waals surface area contributed by atoms with E-state index >= 15 is 0 Å². The first-order valence-corrected chi connectivity index (χ1v) is 10.2. The lowest BCUT2D eigenvalue weighted by molar-refractivity contribution is 0.0525. The van der Waals surface area contributed by atoms with Crippen LogP contribution in [0.4, 0.5) is 0 Å². The van der Waals surface area contributed by atoms with Crippen molar-refractivity contribution in [2.75, 3.05) is 12.4 Å². The van der Waals surface area contributed by atoms with Crippen molar-refractivity contribution in [3.05, 3.63) is 51.8 Å². The molecule has 29 heavy (non-hydrogen) atoms. The highest BCUT2D eigenvalue weighted by atomic mass is 32.2. The quantitative estimate of drug-likeness (QED) is 0.347. The molecule has 0 saturated heterocycles. The van der Waals surface area contributed by atoms with E-state index in [1.807, 2.05) is 32.0 Å². The molecule has 0 aliphatic heterocycles. The number of thioether (sulfide) groups is 1. The third-order valence-electron chi connectivity index (χ3n) is 4.68.